The number of rotatable bonds is 7. The van der Waals surface area contributed by atoms with Gasteiger partial charge in [0.05, 0.1) is 14.2 Å². The minimum absolute atomic E-state index is 0.162. The Labute approximate surface area is 158 Å². The number of hydrogen-bond acceptors (Lipinski definition) is 6. The summed E-state index contributed by atoms with van der Waals surface area (Å²) in [6.45, 7) is 2.04. The molecule has 0 saturated carbocycles. The van der Waals surface area contributed by atoms with Crippen LogP contribution in [0.5, 0.6) is 11.5 Å². The van der Waals surface area contributed by atoms with Gasteiger partial charge in [-0.15, -0.1) is 0 Å². The molecule has 0 aliphatic carbocycles. The van der Waals surface area contributed by atoms with E-state index in [4.69, 9.17) is 14.2 Å². The molecule has 1 heterocycles. The molecule has 0 bridgehead atoms. The lowest BCUT2D eigenvalue weighted by Gasteiger charge is -2.33. The van der Waals surface area contributed by atoms with Crippen LogP contribution in [-0.2, 0) is 14.3 Å². The van der Waals surface area contributed by atoms with E-state index in [1.54, 1.807) is 17.0 Å². The van der Waals surface area contributed by atoms with Gasteiger partial charge >= 0.3 is 5.97 Å². The number of carbonyl (C=O) groups is 3. The summed E-state index contributed by atoms with van der Waals surface area (Å²) >= 11 is 0. The molecule has 1 unspecified atom stereocenters. The Morgan fingerprint density at radius 3 is 2.56 bits per heavy atom. The summed E-state index contributed by atoms with van der Waals surface area (Å²) in [5, 5.41) is 2.46. The van der Waals surface area contributed by atoms with Crippen molar-refractivity contribution in [2.75, 3.05) is 33.9 Å². The van der Waals surface area contributed by atoms with Gasteiger partial charge < -0.3 is 24.4 Å². The van der Waals surface area contributed by atoms with Crippen LogP contribution in [-0.4, -0.2) is 62.6 Å². The third-order valence-electron chi connectivity index (χ3n) is 4.52. The van der Waals surface area contributed by atoms with Gasteiger partial charge in [0.1, 0.15) is 6.54 Å². The SMILES string of the molecule is COc1ccc(C(=O)NCC(=O)OCC(=O)N2CCCCC2C)cc1OC. The number of carbonyl (C=O) groups excluding carboxylic acids is 3. The van der Waals surface area contributed by atoms with E-state index in [1.807, 2.05) is 6.92 Å². The van der Waals surface area contributed by atoms with Crippen molar-refractivity contribution in [2.24, 2.45) is 0 Å². The minimum atomic E-state index is -0.665. The zero-order valence-electron chi connectivity index (χ0n) is 15.9. The van der Waals surface area contributed by atoms with E-state index < -0.39 is 11.9 Å². The smallest absolute Gasteiger partial charge is 0.325 e. The van der Waals surface area contributed by atoms with Crippen molar-refractivity contribution in [1.29, 1.82) is 0 Å². The molecule has 1 saturated heterocycles. The Bertz CT molecular complexity index is 691. The summed E-state index contributed by atoms with van der Waals surface area (Å²) in [7, 11) is 2.97. The van der Waals surface area contributed by atoms with Crippen molar-refractivity contribution in [2.45, 2.75) is 32.2 Å². The Balaban J connectivity index is 1.79. The second-order valence-corrected chi connectivity index (χ2v) is 6.35. The maximum Gasteiger partial charge on any atom is 0.325 e. The quantitative estimate of drug-likeness (QED) is 0.721. The maximum absolute atomic E-state index is 12.2. The van der Waals surface area contributed by atoms with E-state index in [2.05, 4.69) is 5.32 Å². The summed E-state index contributed by atoms with van der Waals surface area (Å²) in [5.74, 6) is -0.416. The van der Waals surface area contributed by atoms with E-state index in [-0.39, 0.29) is 25.1 Å². The number of piperidine rings is 1. The van der Waals surface area contributed by atoms with Gasteiger partial charge in [0.15, 0.2) is 18.1 Å². The standard InChI is InChI=1S/C19H26N2O6/c1-13-6-4-5-9-21(13)17(22)12-27-18(23)11-20-19(24)14-7-8-15(25-2)16(10-14)26-3/h7-8,10,13H,4-6,9,11-12H2,1-3H3,(H,20,24). The predicted molar refractivity (Wildman–Crippen MR) is 97.9 cm³/mol. The molecule has 148 valence electrons. The highest BCUT2D eigenvalue weighted by Gasteiger charge is 2.24. The number of nitrogens with zero attached hydrogens (tertiary/aromatic N) is 1. The Morgan fingerprint density at radius 2 is 1.89 bits per heavy atom. The van der Waals surface area contributed by atoms with Crippen LogP contribution in [0.1, 0.15) is 36.5 Å². The number of benzene rings is 1. The van der Waals surface area contributed by atoms with Crippen LogP contribution in [0.4, 0.5) is 0 Å². The van der Waals surface area contributed by atoms with Crippen molar-refractivity contribution in [3.05, 3.63) is 23.8 Å². The molecule has 2 rings (SSSR count). The van der Waals surface area contributed by atoms with Gasteiger partial charge in [-0.3, -0.25) is 14.4 Å². The number of amides is 2. The monoisotopic (exact) mass is 378 g/mol. The number of ether oxygens (including phenoxy) is 3. The summed E-state index contributed by atoms with van der Waals surface area (Å²) < 4.78 is 15.2. The molecule has 8 nitrogen and oxygen atoms in total. The highest BCUT2D eigenvalue weighted by Crippen LogP contribution is 2.27. The molecule has 1 aromatic carbocycles. The van der Waals surface area contributed by atoms with Gasteiger partial charge in [-0.25, -0.2) is 0 Å². The predicted octanol–water partition coefficient (Wildman–Crippen LogP) is 1.38. The van der Waals surface area contributed by atoms with Crippen LogP contribution in [0.3, 0.4) is 0 Å². The highest BCUT2D eigenvalue weighted by molar-refractivity contribution is 5.96. The molecule has 0 radical (unpaired) electrons. The maximum atomic E-state index is 12.2. The fourth-order valence-corrected chi connectivity index (χ4v) is 2.98. The molecule has 1 N–H and O–H groups in total. The van der Waals surface area contributed by atoms with Crippen LogP contribution in [0.15, 0.2) is 18.2 Å². The number of esters is 1. The average Bonchev–Trinajstić information content (AvgIpc) is 2.69. The van der Waals surface area contributed by atoms with Crippen LogP contribution in [0.2, 0.25) is 0 Å². The average molecular weight is 378 g/mol. The third kappa shape index (κ3) is 5.60. The van der Waals surface area contributed by atoms with E-state index in [0.717, 1.165) is 19.3 Å². The van der Waals surface area contributed by atoms with Gasteiger partial charge in [-0.05, 0) is 44.4 Å². The van der Waals surface area contributed by atoms with Gasteiger partial charge in [0.25, 0.3) is 11.8 Å². The zero-order valence-corrected chi connectivity index (χ0v) is 15.9. The summed E-state index contributed by atoms with van der Waals surface area (Å²) in [6.07, 6.45) is 3.03. The van der Waals surface area contributed by atoms with E-state index >= 15 is 0 Å². The number of nitrogens with one attached hydrogen (secondary N) is 1. The first-order chi connectivity index (χ1) is 13.0. The normalized spacial score (nSPS) is 16.4. The fraction of sp³-hybridized carbons (Fsp3) is 0.526. The molecule has 1 fully saturated rings. The first kappa shape index (κ1) is 20.5. The molecule has 1 aliphatic heterocycles. The Kier molecular flexibility index (Phi) is 7.45. The lowest BCUT2D eigenvalue weighted by Crippen LogP contribution is -2.44. The van der Waals surface area contributed by atoms with Gasteiger partial charge in [0, 0.05) is 18.2 Å². The number of likely N-dealkylation sites (tertiary alicyclic amines) is 1. The Hall–Kier alpha value is -2.77. The van der Waals surface area contributed by atoms with Crippen molar-refractivity contribution < 1.29 is 28.6 Å². The Morgan fingerprint density at radius 1 is 1.15 bits per heavy atom. The lowest BCUT2D eigenvalue weighted by atomic mass is 10.0. The first-order valence-corrected chi connectivity index (χ1v) is 8.91. The van der Waals surface area contributed by atoms with Crippen molar-refractivity contribution in [3.8, 4) is 11.5 Å². The largest absolute Gasteiger partial charge is 0.493 e. The number of methoxy groups -OCH3 is 2. The second-order valence-electron chi connectivity index (χ2n) is 6.35. The second kappa shape index (κ2) is 9.80. The molecule has 0 spiro atoms. The molecule has 1 aromatic rings. The molecule has 0 aromatic heterocycles. The van der Waals surface area contributed by atoms with Gasteiger partial charge in [-0.2, -0.15) is 0 Å². The molecule has 2 amide bonds. The molecule has 8 heteroatoms. The van der Waals surface area contributed by atoms with Gasteiger partial charge in [-0.1, -0.05) is 0 Å². The fourth-order valence-electron chi connectivity index (χ4n) is 2.98. The summed E-state index contributed by atoms with van der Waals surface area (Å²) in [5.41, 5.74) is 0.318. The summed E-state index contributed by atoms with van der Waals surface area (Å²) in [4.78, 5) is 37.8. The van der Waals surface area contributed by atoms with Gasteiger partial charge in [0.2, 0.25) is 0 Å². The van der Waals surface area contributed by atoms with E-state index in [0.29, 0.717) is 23.6 Å². The van der Waals surface area contributed by atoms with Crippen LogP contribution >= 0.6 is 0 Å². The molecular formula is C19H26N2O6. The third-order valence-corrected chi connectivity index (χ3v) is 4.52. The van der Waals surface area contributed by atoms with Crippen molar-refractivity contribution in [1.82, 2.24) is 10.2 Å². The molecule has 1 atom stereocenters. The minimum Gasteiger partial charge on any atom is -0.493 e. The zero-order chi connectivity index (χ0) is 19.8. The number of hydrogen-bond donors (Lipinski definition) is 1. The summed E-state index contributed by atoms with van der Waals surface area (Å²) in [6, 6.07) is 4.84. The van der Waals surface area contributed by atoms with E-state index in [1.165, 1.54) is 20.3 Å². The molecule has 1 aliphatic rings. The van der Waals surface area contributed by atoms with Crippen LogP contribution in [0, 0.1) is 0 Å². The molecular weight excluding hydrogens is 352 g/mol. The lowest BCUT2D eigenvalue weighted by molar-refractivity contribution is -0.152. The van der Waals surface area contributed by atoms with Crippen LogP contribution in [0.25, 0.3) is 0 Å². The van der Waals surface area contributed by atoms with E-state index in [9.17, 15) is 14.4 Å². The van der Waals surface area contributed by atoms with Crippen molar-refractivity contribution >= 4 is 17.8 Å². The highest BCUT2D eigenvalue weighted by atomic mass is 16.5. The molecule has 27 heavy (non-hydrogen) atoms. The topological polar surface area (TPSA) is 94.2 Å². The first-order valence-electron chi connectivity index (χ1n) is 8.91. The van der Waals surface area contributed by atoms with Crippen molar-refractivity contribution in [3.63, 3.8) is 0 Å². The van der Waals surface area contributed by atoms with Crippen LogP contribution < -0.4 is 14.8 Å².